The predicted octanol–water partition coefficient (Wildman–Crippen LogP) is 2.80. The lowest BCUT2D eigenvalue weighted by molar-refractivity contribution is -0.126. The van der Waals surface area contributed by atoms with Crippen molar-refractivity contribution in [1.82, 2.24) is 25.3 Å². The van der Waals surface area contributed by atoms with Gasteiger partial charge in [-0.25, -0.2) is 9.97 Å². The largest absolute Gasteiger partial charge is 0.401 e. The molecule has 1 radical (unpaired) electrons. The normalized spacial score (nSPS) is 20.8. The summed E-state index contributed by atoms with van der Waals surface area (Å²) in [6.07, 6.45) is 2.40. The first kappa shape index (κ1) is 18.7. The van der Waals surface area contributed by atoms with E-state index in [9.17, 15) is 18.0 Å². The molecule has 10 heteroatoms. The highest BCUT2D eigenvalue weighted by atomic mass is 19.4. The molecule has 0 aromatic carbocycles. The van der Waals surface area contributed by atoms with Crippen LogP contribution in [0.1, 0.15) is 42.0 Å². The second-order valence-electron chi connectivity index (χ2n) is 7.18. The maximum absolute atomic E-state index is 12.3. The Kier molecular flexibility index (Phi) is 4.74. The van der Waals surface area contributed by atoms with E-state index >= 15 is 0 Å². The van der Waals surface area contributed by atoms with Gasteiger partial charge in [-0.1, -0.05) is 0 Å². The summed E-state index contributed by atoms with van der Waals surface area (Å²) in [7, 11) is 0. The van der Waals surface area contributed by atoms with Crippen LogP contribution in [0.25, 0.3) is 22.1 Å². The highest BCUT2D eigenvalue weighted by Crippen LogP contribution is 2.30. The predicted molar refractivity (Wildman–Crippen MR) is 97.5 cm³/mol. The molecule has 7 nitrogen and oxygen atoms in total. The fourth-order valence-electron chi connectivity index (χ4n) is 3.80. The molecule has 3 aromatic rings. The number of pyridine rings is 1. The van der Waals surface area contributed by atoms with Gasteiger partial charge in [0.25, 0.3) is 5.91 Å². The zero-order valence-electron chi connectivity index (χ0n) is 14.9. The van der Waals surface area contributed by atoms with Gasteiger partial charge in [0.05, 0.1) is 12.1 Å². The van der Waals surface area contributed by atoms with Gasteiger partial charge in [0.15, 0.2) is 5.69 Å². The number of carbonyl (C=O) groups excluding carboxylic acids is 1. The van der Waals surface area contributed by atoms with Crippen LogP contribution in [0.15, 0.2) is 12.3 Å². The lowest BCUT2D eigenvalue weighted by Crippen LogP contribution is -2.39. The Morgan fingerprint density at radius 3 is 2.71 bits per heavy atom. The van der Waals surface area contributed by atoms with Gasteiger partial charge in [0.2, 0.25) is 0 Å². The number of nitrogens with one attached hydrogen (secondary N) is 3. The fourth-order valence-corrected chi connectivity index (χ4v) is 3.80. The van der Waals surface area contributed by atoms with Crippen LogP contribution in [0.4, 0.5) is 13.2 Å². The highest BCUT2D eigenvalue weighted by molar-refractivity contribution is 6.10. The Bertz CT molecular complexity index is 1000. The standard InChI is InChI=1S/C18H20F3N6O/c19-18(20,21)8-24-10-3-1-9(2-4-10)7-12-25-13-11-5-6-23-17(11)27-15(16(22)28)14(13)26-12/h5-7,9-10,24H,1-4,8H2,(H2,22,28)(H,23,27)(H,25,26). The minimum Gasteiger partial charge on any atom is -0.364 e. The number of primary amides is 1. The van der Waals surface area contributed by atoms with Crippen LogP contribution in [-0.2, 0) is 0 Å². The zero-order chi connectivity index (χ0) is 19.9. The molecule has 1 aliphatic carbocycles. The van der Waals surface area contributed by atoms with Crippen LogP contribution in [-0.4, -0.2) is 44.6 Å². The van der Waals surface area contributed by atoms with Crippen molar-refractivity contribution in [3.63, 3.8) is 0 Å². The Morgan fingerprint density at radius 2 is 2.04 bits per heavy atom. The molecule has 0 spiro atoms. The number of imidazole rings is 1. The molecule has 149 valence electrons. The van der Waals surface area contributed by atoms with Gasteiger partial charge in [-0.2, -0.15) is 13.2 Å². The van der Waals surface area contributed by atoms with Gasteiger partial charge in [0.1, 0.15) is 17.0 Å². The molecule has 3 aromatic heterocycles. The van der Waals surface area contributed by atoms with Crippen LogP contribution >= 0.6 is 0 Å². The summed E-state index contributed by atoms with van der Waals surface area (Å²) in [5, 5.41) is 3.39. The smallest absolute Gasteiger partial charge is 0.364 e. The summed E-state index contributed by atoms with van der Waals surface area (Å²) in [6.45, 7) is -0.953. The molecular weight excluding hydrogens is 373 g/mol. The zero-order valence-corrected chi connectivity index (χ0v) is 14.9. The van der Waals surface area contributed by atoms with Crippen LogP contribution in [0, 0.1) is 12.3 Å². The average Bonchev–Trinajstić information content (AvgIpc) is 3.25. The number of hydrogen-bond acceptors (Lipinski definition) is 4. The Labute approximate surface area is 158 Å². The van der Waals surface area contributed by atoms with Crippen molar-refractivity contribution in [2.75, 3.05) is 6.54 Å². The van der Waals surface area contributed by atoms with Gasteiger partial charge in [-0.05, 0) is 37.7 Å². The lowest BCUT2D eigenvalue weighted by atomic mass is 9.84. The number of halogens is 3. The van der Waals surface area contributed by atoms with Crippen molar-refractivity contribution in [3.8, 4) is 0 Å². The molecule has 1 saturated carbocycles. The summed E-state index contributed by atoms with van der Waals surface area (Å²) in [6, 6.07) is 1.72. The minimum atomic E-state index is -4.19. The van der Waals surface area contributed by atoms with E-state index in [0.29, 0.717) is 35.3 Å². The van der Waals surface area contributed by atoms with E-state index in [1.54, 1.807) is 6.20 Å². The van der Waals surface area contributed by atoms with Gasteiger partial charge in [0, 0.05) is 24.0 Å². The third kappa shape index (κ3) is 3.82. The SMILES string of the molecule is NC(=O)c1nc2[nH]ccc2c2[nH]c([CH]C3CCC(NCC(F)(F)F)CC3)nc12. The number of nitrogens with two attached hydrogens (primary N) is 1. The van der Waals surface area contributed by atoms with E-state index in [2.05, 4.69) is 25.3 Å². The van der Waals surface area contributed by atoms with Gasteiger partial charge in [-0.15, -0.1) is 0 Å². The van der Waals surface area contributed by atoms with Crippen molar-refractivity contribution < 1.29 is 18.0 Å². The molecule has 0 saturated heterocycles. The maximum Gasteiger partial charge on any atom is 0.401 e. The van der Waals surface area contributed by atoms with E-state index in [-0.39, 0.29) is 17.7 Å². The molecular formula is C18H20F3N6O. The summed E-state index contributed by atoms with van der Waals surface area (Å²) < 4.78 is 37.0. The first-order chi connectivity index (χ1) is 13.3. The van der Waals surface area contributed by atoms with Crippen molar-refractivity contribution in [2.45, 2.75) is 37.9 Å². The molecule has 28 heavy (non-hydrogen) atoms. The number of aromatic nitrogens is 4. The average molecular weight is 393 g/mol. The Morgan fingerprint density at radius 1 is 1.29 bits per heavy atom. The first-order valence-electron chi connectivity index (χ1n) is 9.12. The van der Waals surface area contributed by atoms with Crippen molar-refractivity contribution in [1.29, 1.82) is 0 Å². The Balaban J connectivity index is 1.47. The number of hydrogen-bond donors (Lipinski definition) is 4. The number of amides is 1. The molecule has 0 aliphatic heterocycles. The molecule has 3 heterocycles. The van der Waals surface area contributed by atoms with Gasteiger partial charge in [-0.3, -0.25) is 4.79 Å². The molecule has 0 atom stereocenters. The van der Waals surface area contributed by atoms with Crippen molar-refractivity contribution in [3.05, 3.63) is 30.2 Å². The lowest BCUT2D eigenvalue weighted by Gasteiger charge is -2.28. The number of H-pyrrole nitrogens is 2. The first-order valence-corrected chi connectivity index (χ1v) is 9.12. The summed E-state index contributed by atoms with van der Waals surface area (Å²) >= 11 is 0. The van der Waals surface area contributed by atoms with Crippen molar-refractivity contribution >= 4 is 28.0 Å². The molecule has 0 unspecified atom stereocenters. The van der Waals surface area contributed by atoms with E-state index in [1.807, 2.05) is 12.5 Å². The third-order valence-corrected chi connectivity index (χ3v) is 5.15. The molecule has 4 rings (SSSR count). The summed E-state index contributed by atoms with van der Waals surface area (Å²) in [5.41, 5.74) is 7.20. The monoisotopic (exact) mass is 393 g/mol. The highest BCUT2D eigenvalue weighted by Gasteiger charge is 2.30. The van der Waals surface area contributed by atoms with Gasteiger partial charge >= 0.3 is 6.18 Å². The number of rotatable bonds is 5. The van der Waals surface area contributed by atoms with Crippen LogP contribution in [0.5, 0.6) is 0 Å². The topological polar surface area (TPSA) is 112 Å². The number of alkyl halides is 3. The molecule has 1 amide bonds. The molecule has 1 fully saturated rings. The summed E-state index contributed by atoms with van der Waals surface area (Å²) in [4.78, 5) is 26.7. The van der Waals surface area contributed by atoms with Crippen LogP contribution < -0.4 is 11.1 Å². The minimum absolute atomic E-state index is 0.0981. The van der Waals surface area contributed by atoms with Crippen molar-refractivity contribution in [2.24, 2.45) is 11.7 Å². The number of aromatic amines is 2. The van der Waals surface area contributed by atoms with E-state index in [0.717, 1.165) is 18.2 Å². The van der Waals surface area contributed by atoms with E-state index < -0.39 is 18.6 Å². The molecule has 1 aliphatic rings. The number of fused-ring (bicyclic) bond motifs is 3. The second-order valence-corrected chi connectivity index (χ2v) is 7.18. The van der Waals surface area contributed by atoms with Crippen LogP contribution in [0.3, 0.4) is 0 Å². The summed E-state index contributed by atoms with van der Waals surface area (Å²) in [5.74, 6) is 0.159. The van der Waals surface area contributed by atoms with E-state index in [1.165, 1.54) is 0 Å². The van der Waals surface area contributed by atoms with E-state index in [4.69, 9.17) is 5.73 Å². The Hall–Kier alpha value is -2.62. The molecule has 5 N–H and O–H groups in total. The number of carbonyl (C=O) groups is 1. The maximum atomic E-state index is 12.3. The fraction of sp³-hybridized carbons (Fsp3) is 0.444. The van der Waals surface area contributed by atoms with Crippen LogP contribution in [0.2, 0.25) is 0 Å². The third-order valence-electron chi connectivity index (χ3n) is 5.15. The second kappa shape index (κ2) is 7.08. The quantitative estimate of drug-likeness (QED) is 0.534. The number of nitrogens with zero attached hydrogens (tertiary/aromatic N) is 2. The molecule has 0 bridgehead atoms. The van der Waals surface area contributed by atoms with Gasteiger partial charge < -0.3 is 21.0 Å².